The van der Waals surface area contributed by atoms with Crippen LogP contribution in [0.4, 0.5) is 11.4 Å². The predicted molar refractivity (Wildman–Crippen MR) is 77.0 cm³/mol. The molecule has 0 fully saturated rings. The lowest BCUT2D eigenvalue weighted by Gasteiger charge is -2.17. The maximum atomic E-state index is 12.0. The van der Waals surface area contributed by atoms with E-state index in [2.05, 4.69) is 9.97 Å². The maximum absolute atomic E-state index is 12.0. The van der Waals surface area contributed by atoms with Crippen molar-refractivity contribution in [3.05, 3.63) is 42.9 Å². The third-order valence-electron chi connectivity index (χ3n) is 2.54. The first kappa shape index (κ1) is 13.4. The number of benzene rings is 1. The van der Waals surface area contributed by atoms with Crippen molar-refractivity contribution in [1.82, 2.24) is 9.97 Å². The average Bonchev–Trinajstić information content (AvgIpc) is 2.46. The summed E-state index contributed by atoms with van der Waals surface area (Å²) in [6.45, 7) is 0. The Labute approximate surface area is 115 Å². The zero-order valence-corrected chi connectivity index (χ0v) is 11.3. The number of carbonyl (C=O) groups excluding carboxylic acids is 1. The van der Waals surface area contributed by atoms with Gasteiger partial charge in [-0.3, -0.25) is 9.78 Å². The molecule has 0 atom stereocenters. The molecule has 5 nitrogen and oxygen atoms in total. The standard InChI is InChI=1S/C13H14N4OS/c1-17(11-4-2-10(14)3-5-11)13(18)9-19-12-8-15-6-7-16-12/h2-8H,9,14H2,1H3. The third kappa shape index (κ3) is 3.69. The highest BCUT2D eigenvalue weighted by Crippen LogP contribution is 2.18. The number of nitrogens with two attached hydrogens (primary N) is 1. The number of anilines is 2. The number of aromatic nitrogens is 2. The highest BCUT2D eigenvalue weighted by Gasteiger charge is 2.11. The molecule has 2 aromatic rings. The molecule has 2 N–H and O–H groups in total. The number of nitrogen functional groups attached to an aromatic ring is 1. The van der Waals surface area contributed by atoms with Crippen LogP contribution in [-0.2, 0) is 4.79 Å². The van der Waals surface area contributed by atoms with E-state index in [4.69, 9.17) is 5.73 Å². The fourth-order valence-corrected chi connectivity index (χ4v) is 2.17. The van der Waals surface area contributed by atoms with Gasteiger partial charge in [0.05, 0.1) is 11.9 Å². The van der Waals surface area contributed by atoms with Gasteiger partial charge in [-0.2, -0.15) is 0 Å². The minimum atomic E-state index is 0.000393. The quantitative estimate of drug-likeness (QED) is 0.680. The monoisotopic (exact) mass is 274 g/mol. The summed E-state index contributed by atoms with van der Waals surface area (Å²) >= 11 is 1.37. The number of carbonyl (C=O) groups is 1. The lowest BCUT2D eigenvalue weighted by molar-refractivity contribution is -0.115. The highest BCUT2D eigenvalue weighted by atomic mass is 32.2. The van der Waals surface area contributed by atoms with E-state index in [9.17, 15) is 4.79 Å². The fourth-order valence-electron chi connectivity index (χ4n) is 1.43. The summed E-state index contributed by atoms with van der Waals surface area (Å²) in [4.78, 5) is 21.7. The molecule has 1 aromatic heterocycles. The van der Waals surface area contributed by atoms with Crippen LogP contribution in [0, 0.1) is 0 Å². The highest BCUT2D eigenvalue weighted by molar-refractivity contribution is 7.99. The summed E-state index contributed by atoms with van der Waals surface area (Å²) in [6, 6.07) is 7.18. The first-order valence-corrected chi connectivity index (χ1v) is 6.66. The van der Waals surface area contributed by atoms with Crippen molar-refractivity contribution < 1.29 is 4.79 Å². The number of amides is 1. The molecule has 0 bridgehead atoms. The largest absolute Gasteiger partial charge is 0.399 e. The van der Waals surface area contributed by atoms with Crippen molar-refractivity contribution in [1.29, 1.82) is 0 Å². The Hall–Kier alpha value is -2.08. The van der Waals surface area contributed by atoms with E-state index in [1.165, 1.54) is 11.8 Å². The molecule has 0 radical (unpaired) electrons. The van der Waals surface area contributed by atoms with Crippen LogP contribution >= 0.6 is 11.8 Å². The van der Waals surface area contributed by atoms with Gasteiger partial charge in [-0.25, -0.2) is 4.98 Å². The maximum Gasteiger partial charge on any atom is 0.237 e. The Bertz CT molecular complexity index is 544. The zero-order valence-electron chi connectivity index (χ0n) is 10.5. The number of hydrogen-bond acceptors (Lipinski definition) is 5. The van der Waals surface area contributed by atoms with E-state index in [1.54, 1.807) is 42.7 Å². The molecule has 1 amide bonds. The minimum absolute atomic E-state index is 0.000393. The second kappa shape index (κ2) is 6.19. The van der Waals surface area contributed by atoms with Crippen molar-refractivity contribution in [2.24, 2.45) is 0 Å². The SMILES string of the molecule is CN(C(=O)CSc1cnccn1)c1ccc(N)cc1. The minimum Gasteiger partial charge on any atom is -0.399 e. The topological polar surface area (TPSA) is 72.1 Å². The van der Waals surface area contributed by atoms with Crippen LogP contribution in [0.1, 0.15) is 0 Å². The lowest BCUT2D eigenvalue weighted by atomic mass is 10.2. The Kier molecular flexibility index (Phi) is 4.35. The second-order valence-electron chi connectivity index (χ2n) is 3.88. The molecule has 0 saturated carbocycles. The van der Waals surface area contributed by atoms with Crippen LogP contribution in [-0.4, -0.2) is 28.7 Å². The van der Waals surface area contributed by atoms with E-state index in [1.807, 2.05) is 12.1 Å². The van der Waals surface area contributed by atoms with E-state index in [0.29, 0.717) is 11.4 Å². The molecular formula is C13H14N4OS. The van der Waals surface area contributed by atoms with Crippen LogP contribution in [0.15, 0.2) is 47.9 Å². The molecular weight excluding hydrogens is 260 g/mol. The normalized spacial score (nSPS) is 10.2. The molecule has 98 valence electrons. The van der Waals surface area contributed by atoms with Crippen LogP contribution < -0.4 is 10.6 Å². The van der Waals surface area contributed by atoms with E-state index >= 15 is 0 Å². The second-order valence-corrected chi connectivity index (χ2v) is 4.87. The molecule has 1 heterocycles. The number of rotatable bonds is 4. The number of thioether (sulfide) groups is 1. The smallest absolute Gasteiger partial charge is 0.237 e. The van der Waals surface area contributed by atoms with Crippen LogP contribution in [0.5, 0.6) is 0 Å². The van der Waals surface area contributed by atoms with Crippen LogP contribution in [0.2, 0.25) is 0 Å². The molecule has 0 spiro atoms. The predicted octanol–water partition coefficient (Wildman–Crippen LogP) is 1.81. The summed E-state index contributed by atoms with van der Waals surface area (Å²) in [7, 11) is 1.74. The molecule has 1 aromatic carbocycles. The Morgan fingerprint density at radius 2 is 2.05 bits per heavy atom. The molecule has 0 aliphatic heterocycles. The van der Waals surface area contributed by atoms with Crippen molar-refractivity contribution in [2.45, 2.75) is 5.03 Å². The fraction of sp³-hybridized carbons (Fsp3) is 0.154. The van der Waals surface area contributed by atoms with Crippen LogP contribution in [0.3, 0.4) is 0 Å². The van der Waals surface area contributed by atoms with Gasteiger partial charge in [-0.05, 0) is 24.3 Å². The third-order valence-corrected chi connectivity index (χ3v) is 3.44. The van der Waals surface area contributed by atoms with E-state index in [0.717, 1.165) is 10.7 Å². The van der Waals surface area contributed by atoms with Gasteiger partial charge in [0, 0.05) is 30.8 Å². The summed E-state index contributed by atoms with van der Waals surface area (Å²) < 4.78 is 0. The summed E-state index contributed by atoms with van der Waals surface area (Å²) in [6.07, 6.45) is 4.85. The van der Waals surface area contributed by atoms with Gasteiger partial charge in [0.2, 0.25) is 5.91 Å². The van der Waals surface area contributed by atoms with Gasteiger partial charge in [0.15, 0.2) is 0 Å². The molecule has 0 saturated heterocycles. The van der Waals surface area contributed by atoms with E-state index < -0.39 is 0 Å². The Balaban J connectivity index is 1.94. The molecule has 0 aliphatic carbocycles. The van der Waals surface area contributed by atoms with Crippen LogP contribution in [0.25, 0.3) is 0 Å². The molecule has 0 aliphatic rings. The Morgan fingerprint density at radius 3 is 2.68 bits per heavy atom. The van der Waals surface area contributed by atoms with Gasteiger partial charge >= 0.3 is 0 Å². The van der Waals surface area contributed by atoms with Crippen molar-refractivity contribution in [3.63, 3.8) is 0 Å². The van der Waals surface area contributed by atoms with Gasteiger partial charge in [0.25, 0.3) is 0 Å². The first-order valence-electron chi connectivity index (χ1n) is 5.68. The van der Waals surface area contributed by atoms with Crippen molar-refractivity contribution in [3.8, 4) is 0 Å². The summed E-state index contributed by atoms with van der Waals surface area (Å²) in [5.74, 6) is 0.319. The number of nitrogens with zero attached hydrogens (tertiary/aromatic N) is 3. The lowest BCUT2D eigenvalue weighted by Crippen LogP contribution is -2.27. The van der Waals surface area contributed by atoms with Gasteiger partial charge in [-0.1, -0.05) is 11.8 Å². The summed E-state index contributed by atoms with van der Waals surface area (Å²) in [5, 5.41) is 0.738. The zero-order chi connectivity index (χ0) is 13.7. The molecule has 0 unspecified atom stereocenters. The molecule has 6 heteroatoms. The molecule has 19 heavy (non-hydrogen) atoms. The Morgan fingerprint density at radius 1 is 1.32 bits per heavy atom. The summed E-state index contributed by atoms with van der Waals surface area (Å²) in [5.41, 5.74) is 7.11. The van der Waals surface area contributed by atoms with Gasteiger partial charge in [0.1, 0.15) is 5.03 Å². The number of hydrogen-bond donors (Lipinski definition) is 1. The molecule has 2 rings (SSSR count). The van der Waals surface area contributed by atoms with Gasteiger partial charge in [-0.15, -0.1) is 0 Å². The first-order chi connectivity index (χ1) is 9.16. The van der Waals surface area contributed by atoms with E-state index in [-0.39, 0.29) is 5.91 Å². The average molecular weight is 274 g/mol. The van der Waals surface area contributed by atoms with Crippen molar-refractivity contribution in [2.75, 3.05) is 23.4 Å². The van der Waals surface area contributed by atoms with Crippen molar-refractivity contribution >= 4 is 29.0 Å². The van der Waals surface area contributed by atoms with Gasteiger partial charge < -0.3 is 10.6 Å².